The molecule has 118 valence electrons. The average Bonchev–Trinajstić information content (AvgIpc) is 3.15. The van der Waals surface area contributed by atoms with Crippen molar-refractivity contribution in [3.05, 3.63) is 32.7 Å². The van der Waals surface area contributed by atoms with E-state index in [1.165, 1.54) is 11.3 Å². The van der Waals surface area contributed by atoms with Crippen LogP contribution in [0.2, 0.25) is 0 Å². The second-order valence-corrected chi connectivity index (χ2v) is 7.21. The maximum atomic E-state index is 12.6. The molecule has 7 heteroatoms. The maximum absolute atomic E-state index is 12.6. The SMILES string of the molecule is CCc1ncc(C(=O)N2CCCN(Cc3cscn3)CC2)s1. The van der Waals surface area contributed by atoms with Crippen molar-refractivity contribution in [2.24, 2.45) is 0 Å². The molecule has 1 aliphatic heterocycles. The Balaban J connectivity index is 1.58. The zero-order valence-electron chi connectivity index (χ0n) is 12.7. The van der Waals surface area contributed by atoms with Gasteiger partial charge in [0.1, 0.15) is 4.88 Å². The Morgan fingerprint density at radius 2 is 2.18 bits per heavy atom. The van der Waals surface area contributed by atoms with Crippen molar-refractivity contribution in [3.8, 4) is 0 Å². The van der Waals surface area contributed by atoms with E-state index in [0.29, 0.717) is 0 Å². The largest absolute Gasteiger partial charge is 0.337 e. The number of aryl methyl sites for hydroxylation is 1. The van der Waals surface area contributed by atoms with Gasteiger partial charge in [-0.05, 0) is 12.8 Å². The molecule has 22 heavy (non-hydrogen) atoms. The smallest absolute Gasteiger partial charge is 0.265 e. The standard InChI is InChI=1S/C15H20N4OS2/c1-2-14-16-8-13(22-14)15(20)19-5-3-4-18(6-7-19)9-12-10-21-11-17-12/h8,10-11H,2-7,9H2,1H3. The third kappa shape index (κ3) is 3.71. The summed E-state index contributed by atoms with van der Waals surface area (Å²) >= 11 is 3.15. The predicted octanol–water partition coefficient (Wildman–Crippen LogP) is 2.51. The van der Waals surface area contributed by atoms with E-state index in [4.69, 9.17) is 0 Å². The zero-order chi connectivity index (χ0) is 15.4. The van der Waals surface area contributed by atoms with E-state index >= 15 is 0 Å². The van der Waals surface area contributed by atoms with E-state index in [1.807, 2.05) is 10.4 Å². The van der Waals surface area contributed by atoms with Crippen molar-refractivity contribution in [3.63, 3.8) is 0 Å². The van der Waals surface area contributed by atoms with E-state index in [0.717, 1.165) is 61.1 Å². The molecule has 0 aliphatic carbocycles. The van der Waals surface area contributed by atoms with Crippen LogP contribution in [0.4, 0.5) is 0 Å². The van der Waals surface area contributed by atoms with Gasteiger partial charge in [0.25, 0.3) is 5.91 Å². The van der Waals surface area contributed by atoms with Crippen LogP contribution in [0.3, 0.4) is 0 Å². The van der Waals surface area contributed by atoms with Gasteiger partial charge in [0.2, 0.25) is 0 Å². The Hall–Kier alpha value is -1.31. The lowest BCUT2D eigenvalue weighted by Crippen LogP contribution is -2.34. The summed E-state index contributed by atoms with van der Waals surface area (Å²) in [7, 11) is 0. The molecule has 1 amide bonds. The molecule has 2 aromatic rings. The van der Waals surface area contributed by atoms with E-state index in [1.54, 1.807) is 17.5 Å². The molecule has 1 aliphatic rings. The summed E-state index contributed by atoms with van der Waals surface area (Å²) in [5.41, 5.74) is 3.00. The van der Waals surface area contributed by atoms with E-state index in [9.17, 15) is 4.79 Å². The topological polar surface area (TPSA) is 49.3 Å². The highest BCUT2D eigenvalue weighted by molar-refractivity contribution is 7.13. The van der Waals surface area contributed by atoms with Gasteiger partial charge in [0.05, 0.1) is 22.4 Å². The molecule has 2 aromatic heterocycles. The number of rotatable bonds is 4. The zero-order valence-corrected chi connectivity index (χ0v) is 14.3. The monoisotopic (exact) mass is 336 g/mol. The summed E-state index contributed by atoms with van der Waals surface area (Å²) < 4.78 is 0. The van der Waals surface area contributed by atoms with E-state index < -0.39 is 0 Å². The molecule has 0 bridgehead atoms. The summed E-state index contributed by atoms with van der Waals surface area (Å²) in [5, 5.41) is 3.13. The lowest BCUT2D eigenvalue weighted by atomic mass is 10.3. The fourth-order valence-corrected chi connectivity index (χ4v) is 3.98. The van der Waals surface area contributed by atoms with Gasteiger partial charge in [0.15, 0.2) is 0 Å². The molecule has 0 atom stereocenters. The second-order valence-electron chi connectivity index (χ2n) is 5.37. The number of nitrogens with zero attached hydrogens (tertiary/aromatic N) is 4. The highest BCUT2D eigenvalue weighted by Gasteiger charge is 2.22. The van der Waals surface area contributed by atoms with Crippen LogP contribution in [0, 0.1) is 0 Å². The molecule has 1 saturated heterocycles. The van der Waals surface area contributed by atoms with Crippen LogP contribution in [0.15, 0.2) is 17.1 Å². The van der Waals surface area contributed by atoms with Crippen molar-refractivity contribution in [2.75, 3.05) is 26.2 Å². The molecule has 3 rings (SSSR count). The van der Waals surface area contributed by atoms with Gasteiger partial charge in [-0.25, -0.2) is 9.97 Å². The first-order chi connectivity index (χ1) is 10.8. The minimum absolute atomic E-state index is 0.132. The van der Waals surface area contributed by atoms with Crippen LogP contribution in [0.5, 0.6) is 0 Å². The van der Waals surface area contributed by atoms with Crippen LogP contribution < -0.4 is 0 Å². The fourth-order valence-electron chi connectivity index (χ4n) is 2.61. The predicted molar refractivity (Wildman–Crippen MR) is 89.4 cm³/mol. The Kier molecular flexibility index (Phi) is 5.17. The average molecular weight is 336 g/mol. The Bertz CT molecular complexity index is 611. The highest BCUT2D eigenvalue weighted by atomic mass is 32.1. The highest BCUT2D eigenvalue weighted by Crippen LogP contribution is 2.17. The van der Waals surface area contributed by atoms with Crippen LogP contribution in [-0.2, 0) is 13.0 Å². The summed E-state index contributed by atoms with van der Waals surface area (Å²) in [6.45, 7) is 6.47. The molecule has 0 radical (unpaired) electrons. The minimum Gasteiger partial charge on any atom is -0.337 e. The number of carbonyl (C=O) groups excluding carboxylic acids is 1. The first-order valence-electron chi connectivity index (χ1n) is 7.59. The molecule has 3 heterocycles. The lowest BCUT2D eigenvalue weighted by molar-refractivity contribution is 0.0765. The molecule has 0 aromatic carbocycles. The number of thiazole rings is 2. The van der Waals surface area contributed by atoms with Gasteiger partial charge in [-0.15, -0.1) is 22.7 Å². The minimum atomic E-state index is 0.132. The van der Waals surface area contributed by atoms with Crippen molar-refractivity contribution >= 4 is 28.6 Å². The molecule has 1 fully saturated rings. The summed E-state index contributed by atoms with van der Waals surface area (Å²) in [4.78, 5) is 26.3. The van der Waals surface area contributed by atoms with Gasteiger partial charge in [-0.2, -0.15) is 0 Å². The fraction of sp³-hybridized carbons (Fsp3) is 0.533. The number of aromatic nitrogens is 2. The van der Waals surface area contributed by atoms with E-state index in [-0.39, 0.29) is 5.91 Å². The van der Waals surface area contributed by atoms with Crippen molar-refractivity contribution in [1.29, 1.82) is 0 Å². The third-order valence-corrected chi connectivity index (χ3v) is 5.58. The van der Waals surface area contributed by atoms with E-state index in [2.05, 4.69) is 27.2 Å². The number of hydrogen-bond donors (Lipinski definition) is 0. The van der Waals surface area contributed by atoms with Crippen molar-refractivity contribution in [1.82, 2.24) is 19.8 Å². The quantitative estimate of drug-likeness (QED) is 0.861. The van der Waals surface area contributed by atoms with Gasteiger partial charge in [-0.3, -0.25) is 9.69 Å². The van der Waals surface area contributed by atoms with Gasteiger partial charge < -0.3 is 4.90 Å². The molecule has 0 spiro atoms. The Morgan fingerprint density at radius 1 is 1.27 bits per heavy atom. The summed E-state index contributed by atoms with van der Waals surface area (Å²) in [5.74, 6) is 0.132. The van der Waals surface area contributed by atoms with Crippen LogP contribution >= 0.6 is 22.7 Å². The normalized spacial score (nSPS) is 16.7. The number of hydrogen-bond acceptors (Lipinski definition) is 6. The molecule has 0 unspecified atom stereocenters. The molecule has 5 nitrogen and oxygen atoms in total. The first-order valence-corrected chi connectivity index (χ1v) is 9.35. The molecule has 0 saturated carbocycles. The van der Waals surface area contributed by atoms with Crippen LogP contribution in [0.1, 0.15) is 33.7 Å². The Morgan fingerprint density at radius 3 is 2.91 bits per heavy atom. The second kappa shape index (κ2) is 7.30. The summed E-state index contributed by atoms with van der Waals surface area (Å²) in [6.07, 6.45) is 3.62. The van der Waals surface area contributed by atoms with Gasteiger partial charge in [0, 0.05) is 38.1 Å². The number of carbonyl (C=O) groups is 1. The molecule has 0 N–H and O–H groups in total. The molecular weight excluding hydrogens is 316 g/mol. The number of amides is 1. The van der Waals surface area contributed by atoms with Gasteiger partial charge in [-0.1, -0.05) is 6.92 Å². The first kappa shape index (κ1) is 15.6. The van der Waals surface area contributed by atoms with Crippen LogP contribution in [-0.4, -0.2) is 51.9 Å². The Labute approximate surface area is 138 Å². The lowest BCUT2D eigenvalue weighted by Gasteiger charge is -2.20. The summed E-state index contributed by atoms with van der Waals surface area (Å²) in [6, 6.07) is 0. The third-order valence-electron chi connectivity index (χ3n) is 3.81. The van der Waals surface area contributed by atoms with Crippen molar-refractivity contribution < 1.29 is 4.79 Å². The van der Waals surface area contributed by atoms with Crippen LogP contribution in [0.25, 0.3) is 0 Å². The maximum Gasteiger partial charge on any atom is 0.265 e. The van der Waals surface area contributed by atoms with Crippen molar-refractivity contribution in [2.45, 2.75) is 26.3 Å². The van der Waals surface area contributed by atoms with Gasteiger partial charge >= 0.3 is 0 Å². The molecular formula is C15H20N4OS2.